The first kappa shape index (κ1) is 19.1. The highest BCUT2D eigenvalue weighted by Gasteiger charge is 2.41. The van der Waals surface area contributed by atoms with E-state index in [4.69, 9.17) is 9.72 Å². The first-order chi connectivity index (χ1) is 12.5. The molecule has 0 bridgehead atoms. The van der Waals surface area contributed by atoms with Gasteiger partial charge in [-0.25, -0.2) is 4.98 Å². The van der Waals surface area contributed by atoms with Crippen LogP contribution in [-0.2, 0) is 16.1 Å². The zero-order chi connectivity index (χ0) is 18.6. The fourth-order valence-corrected chi connectivity index (χ4v) is 4.31. The lowest BCUT2D eigenvalue weighted by atomic mass is 9.73. The van der Waals surface area contributed by atoms with Crippen LogP contribution < -0.4 is 4.90 Å². The van der Waals surface area contributed by atoms with E-state index in [9.17, 15) is 4.79 Å². The molecule has 0 aliphatic carbocycles. The molecular formula is C20H32N4O2. The molecule has 2 saturated heterocycles. The maximum Gasteiger partial charge on any atom is 0.222 e. The van der Waals surface area contributed by atoms with Crippen molar-refractivity contribution in [3.05, 3.63) is 23.9 Å². The number of nitrogens with zero attached hydrogens (tertiary/aromatic N) is 4. The van der Waals surface area contributed by atoms with Crippen LogP contribution in [0.3, 0.4) is 0 Å². The molecule has 1 aromatic rings. The van der Waals surface area contributed by atoms with Gasteiger partial charge in [-0.2, -0.15) is 0 Å². The van der Waals surface area contributed by atoms with Crippen LogP contribution in [0.5, 0.6) is 0 Å². The van der Waals surface area contributed by atoms with Gasteiger partial charge in [-0.15, -0.1) is 0 Å². The average molecular weight is 361 g/mol. The average Bonchev–Trinajstić information content (AvgIpc) is 2.63. The minimum Gasteiger partial charge on any atom is -0.383 e. The van der Waals surface area contributed by atoms with Gasteiger partial charge in [0.05, 0.1) is 6.61 Å². The van der Waals surface area contributed by atoms with Crippen LogP contribution in [0.2, 0.25) is 0 Å². The number of ether oxygens (including phenoxy) is 1. The van der Waals surface area contributed by atoms with E-state index >= 15 is 0 Å². The molecule has 0 unspecified atom stereocenters. The van der Waals surface area contributed by atoms with Crippen molar-refractivity contribution in [1.82, 2.24) is 14.8 Å². The van der Waals surface area contributed by atoms with Crippen LogP contribution in [0.15, 0.2) is 18.3 Å². The van der Waals surface area contributed by atoms with Gasteiger partial charge in [0, 0.05) is 57.9 Å². The standard InChI is InChI=1S/C20H32N4O2/c1-22(2)14-17-5-6-18(21-13-17)23-10-4-8-20(15-23)9-7-19(25)24(16-20)11-12-26-3/h5-6,13H,4,7-12,14-16H2,1-3H3/t20-/m1/s1. The molecule has 0 N–H and O–H groups in total. The normalized spacial score (nSPS) is 23.9. The number of anilines is 1. The second-order valence-corrected chi connectivity index (χ2v) is 8.10. The Morgan fingerprint density at radius 1 is 1.27 bits per heavy atom. The number of methoxy groups -OCH3 is 1. The summed E-state index contributed by atoms with van der Waals surface area (Å²) in [6, 6.07) is 4.33. The maximum absolute atomic E-state index is 12.2. The summed E-state index contributed by atoms with van der Waals surface area (Å²) in [6.45, 7) is 5.12. The molecule has 0 aromatic carbocycles. The van der Waals surface area contributed by atoms with E-state index < -0.39 is 0 Å². The fourth-order valence-electron chi connectivity index (χ4n) is 4.31. The molecule has 0 radical (unpaired) electrons. The third-order valence-electron chi connectivity index (χ3n) is 5.61. The fraction of sp³-hybridized carbons (Fsp3) is 0.700. The van der Waals surface area contributed by atoms with E-state index in [1.54, 1.807) is 7.11 Å². The molecule has 6 nitrogen and oxygen atoms in total. The first-order valence-corrected chi connectivity index (χ1v) is 9.63. The summed E-state index contributed by atoms with van der Waals surface area (Å²) in [5.74, 6) is 1.34. The minimum absolute atomic E-state index is 0.198. The monoisotopic (exact) mass is 360 g/mol. The van der Waals surface area contributed by atoms with Gasteiger partial charge in [-0.3, -0.25) is 4.79 Å². The Kier molecular flexibility index (Phi) is 6.14. The lowest BCUT2D eigenvalue weighted by molar-refractivity contribution is -0.138. The van der Waals surface area contributed by atoms with Crippen LogP contribution in [0.4, 0.5) is 5.82 Å². The lowest BCUT2D eigenvalue weighted by Gasteiger charge is -2.48. The van der Waals surface area contributed by atoms with Gasteiger partial charge in [0.15, 0.2) is 0 Å². The number of piperidine rings is 2. The molecule has 26 heavy (non-hydrogen) atoms. The Labute approximate surface area is 157 Å². The number of hydrogen-bond donors (Lipinski definition) is 0. The van der Waals surface area contributed by atoms with Gasteiger partial charge in [0.1, 0.15) is 5.82 Å². The summed E-state index contributed by atoms with van der Waals surface area (Å²) in [6.07, 6.45) is 6.00. The molecule has 1 atom stereocenters. The third-order valence-corrected chi connectivity index (χ3v) is 5.61. The van der Waals surface area contributed by atoms with Gasteiger partial charge in [-0.1, -0.05) is 6.07 Å². The zero-order valence-electron chi connectivity index (χ0n) is 16.4. The van der Waals surface area contributed by atoms with Crippen LogP contribution in [0.25, 0.3) is 0 Å². The number of carbonyl (C=O) groups is 1. The molecule has 6 heteroatoms. The molecule has 2 aliphatic heterocycles. The van der Waals surface area contributed by atoms with Crippen molar-refractivity contribution in [3.8, 4) is 0 Å². The van der Waals surface area contributed by atoms with Crippen molar-refractivity contribution >= 4 is 11.7 Å². The predicted octanol–water partition coefficient (Wildman–Crippen LogP) is 2.00. The highest BCUT2D eigenvalue weighted by molar-refractivity contribution is 5.77. The van der Waals surface area contributed by atoms with Crippen LogP contribution in [0, 0.1) is 5.41 Å². The van der Waals surface area contributed by atoms with E-state index in [0.717, 1.165) is 44.8 Å². The molecule has 2 fully saturated rings. The van der Waals surface area contributed by atoms with Crippen molar-refractivity contribution in [2.75, 3.05) is 58.9 Å². The molecule has 3 heterocycles. The van der Waals surface area contributed by atoms with Crippen LogP contribution >= 0.6 is 0 Å². The highest BCUT2D eigenvalue weighted by atomic mass is 16.5. The molecule has 1 amide bonds. The summed E-state index contributed by atoms with van der Waals surface area (Å²) in [7, 11) is 5.84. The van der Waals surface area contributed by atoms with Gasteiger partial charge >= 0.3 is 0 Å². The summed E-state index contributed by atoms with van der Waals surface area (Å²) >= 11 is 0. The minimum atomic E-state index is 0.198. The molecule has 2 aliphatic rings. The van der Waals surface area contributed by atoms with Crippen molar-refractivity contribution < 1.29 is 9.53 Å². The number of carbonyl (C=O) groups excluding carboxylic acids is 1. The Bertz CT molecular complexity index is 604. The predicted molar refractivity (Wildman–Crippen MR) is 103 cm³/mol. The van der Waals surface area contributed by atoms with Crippen LogP contribution in [0.1, 0.15) is 31.2 Å². The zero-order valence-corrected chi connectivity index (χ0v) is 16.4. The maximum atomic E-state index is 12.2. The molecule has 1 spiro atoms. The SMILES string of the molecule is COCCN1C[C@]2(CCCN(c3ccc(CN(C)C)cn3)C2)CCC1=O. The number of amides is 1. The van der Waals surface area contributed by atoms with Gasteiger partial charge < -0.3 is 19.4 Å². The second-order valence-electron chi connectivity index (χ2n) is 8.10. The summed E-state index contributed by atoms with van der Waals surface area (Å²) < 4.78 is 5.18. The first-order valence-electron chi connectivity index (χ1n) is 9.63. The van der Waals surface area contributed by atoms with Gasteiger partial charge in [-0.05, 0) is 45.0 Å². The largest absolute Gasteiger partial charge is 0.383 e. The smallest absolute Gasteiger partial charge is 0.222 e. The topological polar surface area (TPSA) is 48.9 Å². The van der Waals surface area contributed by atoms with Gasteiger partial charge in [0.25, 0.3) is 0 Å². The Morgan fingerprint density at radius 3 is 2.81 bits per heavy atom. The number of pyridine rings is 1. The molecule has 3 rings (SSSR count). The molecule has 1 aromatic heterocycles. The van der Waals surface area contributed by atoms with E-state index in [2.05, 4.69) is 36.0 Å². The van der Waals surface area contributed by atoms with Crippen molar-refractivity contribution in [2.24, 2.45) is 5.41 Å². The van der Waals surface area contributed by atoms with Crippen molar-refractivity contribution in [3.63, 3.8) is 0 Å². The Hall–Kier alpha value is -1.66. The van der Waals surface area contributed by atoms with E-state index in [1.165, 1.54) is 12.0 Å². The second kappa shape index (κ2) is 8.35. The van der Waals surface area contributed by atoms with Crippen molar-refractivity contribution in [2.45, 2.75) is 32.2 Å². The third kappa shape index (κ3) is 4.54. The van der Waals surface area contributed by atoms with Crippen LogP contribution in [-0.4, -0.2) is 74.7 Å². The quantitative estimate of drug-likeness (QED) is 0.777. The summed E-state index contributed by atoms with van der Waals surface area (Å²) in [5, 5.41) is 0. The van der Waals surface area contributed by atoms with Gasteiger partial charge in [0.2, 0.25) is 5.91 Å². The molecule has 0 saturated carbocycles. The number of rotatable bonds is 6. The van der Waals surface area contributed by atoms with E-state index in [0.29, 0.717) is 19.6 Å². The lowest BCUT2D eigenvalue weighted by Crippen LogP contribution is -2.54. The number of likely N-dealkylation sites (tertiary alicyclic amines) is 1. The molecular weight excluding hydrogens is 328 g/mol. The highest BCUT2D eigenvalue weighted by Crippen LogP contribution is 2.39. The Morgan fingerprint density at radius 2 is 2.12 bits per heavy atom. The van der Waals surface area contributed by atoms with E-state index in [1.807, 2.05) is 11.1 Å². The Balaban J connectivity index is 1.67. The molecule has 144 valence electrons. The van der Waals surface area contributed by atoms with Crippen molar-refractivity contribution in [1.29, 1.82) is 0 Å². The summed E-state index contributed by atoms with van der Waals surface area (Å²) in [4.78, 5) is 23.5. The number of aromatic nitrogens is 1. The summed E-state index contributed by atoms with van der Waals surface area (Å²) in [5.41, 5.74) is 1.43. The van der Waals surface area contributed by atoms with E-state index in [-0.39, 0.29) is 11.3 Å². The number of hydrogen-bond acceptors (Lipinski definition) is 5.